The lowest BCUT2D eigenvalue weighted by atomic mass is 10.1. The van der Waals surface area contributed by atoms with Gasteiger partial charge >= 0.3 is 0 Å². The van der Waals surface area contributed by atoms with Crippen molar-refractivity contribution in [3.05, 3.63) is 34.1 Å². The van der Waals surface area contributed by atoms with E-state index < -0.39 is 0 Å². The normalized spacial score (nSPS) is 13.0. The quantitative estimate of drug-likeness (QED) is 0.832. The Morgan fingerprint density at radius 1 is 1.58 bits per heavy atom. The van der Waals surface area contributed by atoms with Gasteiger partial charge in [-0.25, -0.2) is 4.39 Å². The van der Waals surface area contributed by atoms with Gasteiger partial charge in [0.05, 0.1) is 4.47 Å². The van der Waals surface area contributed by atoms with E-state index in [4.69, 9.17) is 5.73 Å². The van der Waals surface area contributed by atoms with Crippen LogP contribution < -0.4 is 5.73 Å². The van der Waals surface area contributed by atoms with Crippen molar-refractivity contribution in [2.24, 2.45) is 5.73 Å². The third kappa shape index (κ3) is 2.29. The molecule has 0 fully saturated rings. The van der Waals surface area contributed by atoms with Gasteiger partial charge in [-0.15, -0.1) is 0 Å². The molecule has 3 heteroatoms. The summed E-state index contributed by atoms with van der Waals surface area (Å²) in [6.45, 7) is 1.86. The van der Waals surface area contributed by atoms with E-state index >= 15 is 0 Å². The predicted octanol–water partition coefficient (Wildman–Crippen LogP) is 2.48. The molecule has 12 heavy (non-hydrogen) atoms. The van der Waals surface area contributed by atoms with E-state index in [0.29, 0.717) is 16.5 Å². The van der Waals surface area contributed by atoms with Crippen LogP contribution in [0.4, 0.5) is 4.39 Å². The Bertz CT molecular complexity index is 273. The van der Waals surface area contributed by atoms with Crippen LogP contribution in [0.15, 0.2) is 22.7 Å². The predicted molar refractivity (Wildman–Crippen MR) is 51.5 cm³/mol. The van der Waals surface area contributed by atoms with Gasteiger partial charge in [0.2, 0.25) is 0 Å². The highest BCUT2D eigenvalue weighted by Crippen LogP contribution is 2.19. The largest absolute Gasteiger partial charge is 0.328 e. The van der Waals surface area contributed by atoms with Crippen LogP contribution in [-0.2, 0) is 6.42 Å². The fourth-order valence-corrected chi connectivity index (χ4v) is 1.46. The molecule has 1 atom stereocenters. The van der Waals surface area contributed by atoms with E-state index in [0.717, 1.165) is 0 Å². The average molecular weight is 232 g/mol. The second-order valence-corrected chi connectivity index (χ2v) is 3.75. The number of hydrogen-bond acceptors (Lipinski definition) is 1. The van der Waals surface area contributed by atoms with E-state index in [1.807, 2.05) is 13.0 Å². The molecule has 0 saturated heterocycles. The van der Waals surface area contributed by atoms with E-state index in [1.54, 1.807) is 12.1 Å². The summed E-state index contributed by atoms with van der Waals surface area (Å²) in [5.74, 6) is -0.199. The molecule has 1 rings (SSSR count). The van der Waals surface area contributed by atoms with Gasteiger partial charge in [0.1, 0.15) is 5.82 Å². The minimum absolute atomic E-state index is 0.00574. The van der Waals surface area contributed by atoms with Gasteiger partial charge < -0.3 is 5.73 Å². The number of benzene rings is 1. The Labute approximate surface area is 79.9 Å². The highest BCUT2D eigenvalue weighted by molar-refractivity contribution is 9.10. The molecule has 1 aromatic rings. The molecule has 0 radical (unpaired) electrons. The van der Waals surface area contributed by atoms with Crippen molar-refractivity contribution < 1.29 is 4.39 Å². The summed E-state index contributed by atoms with van der Waals surface area (Å²) in [5, 5.41) is 0. The molecule has 0 unspecified atom stereocenters. The average Bonchev–Trinajstić information content (AvgIpc) is 1.98. The first-order chi connectivity index (χ1) is 5.61. The Morgan fingerprint density at radius 2 is 2.25 bits per heavy atom. The Morgan fingerprint density at radius 3 is 2.83 bits per heavy atom. The lowest BCUT2D eigenvalue weighted by Gasteiger charge is -2.06. The molecule has 0 aromatic heterocycles. The zero-order chi connectivity index (χ0) is 9.14. The van der Waals surface area contributed by atoms with Crippen molar-refractivity contribution in [1.29, 1.82) is 0 Å². The summed E-state index contributed by atoms with van der Waals surface area (Å²) >= 11 is 3.12. The van der Waals surface area contributed by atoms with E-state index in [9.17, 15) is 4.39 Å². The number of rotatable bonds is 2. The molecule has 2 N–H and O–H groups in total. The van der Waals surface area contributed by atoms with Crippen molar-refractivity contribution >= 4 is 15.9 Å². The van der Waals surface area contributed by atoms with Crippen LogP contribution in [0.5, 0.6) is 0 Å². The summed E-state index contributed by atoms with van der Waals surface area (Å²) in [5.41, 5.74) is 6.23. The van der Waals surface area contributed by atoms with E-state index in [1.165, 1.54) is 0 Å². The topological polar surface area (TPSA) is 26.0 Å². The third-order valence-corrected chi connectivity index (χ3v) is 2.19. The Hall–Kier alpha value is -0.410. The second-order valence-electron chi connectivity index (χ2n) is 2.89. The van der Waals surface area contributed by atoms with Crippen LogP contribution in [0.3, 0.4) is 0 Å². The maximum Gasteiger partial charge on any atom is 0.140 e. The highest BCUT2D eigenvalue weighted by Gasteiger charge is 2.06. The lowest BCUT2D eigenvalue weighted by molar-refractivity contribution is 0.590. The fourth-order valence-electron chi connectivity index (χ4n) is 1.05. The molecule has 0 aliphatic heterocycles. The highest BCUT2D eigenvalue weighted by atomic mass is 79.9. The van der Waals surface area contributed by atoms with Crippen molar-refractivity contribution in [1.82, 2.24) is 0 Å². The molecule has 0 amide bonds. The lowest BCUT2D eigenvalue weighted by Crippen LogP contribution is -2.18. The van der Waals surface area contributed by atoms with Gasteiger partial charge in [-0.3, -0.25) is 0 Å². The SMILES string of the molecule is C[C@H](N)Cc1cccc(Br)c1F. The number of halogens is 2. The first-order valence-electron chi connectivity index (χ1n) is 3.79. The molecule has 0 aliphatic rings. The van der Waals surface area contributed by atoms with E-state index in [-0.39, 0.29) is 11.9 Å². The van der Waals surface area contributed by atoms with Gasteiger partial charge in [0.15, 0.2) is 0 Å². The number of nitrogens with two attached hydrogens (primary N) is 1. The standard InChI is InChI=1S/C9H11BrFN/c1-6(12)5-7-3-2-4-8(10)9(7)11/h2-4,6H,5,12H2,1H3/t6-/m0/s1. The minimum Gasteiger partial charge on any atom is -0.328 e. The molecule has 1 nitrogen and oxygen atoms in total. The molecule has 1 aromatic carbocycles. The maximum absolute atomic E-state index is 13.3. The fraction of sp³-hybridized carbons (Fsp3) is 0.333. The Balaban J connectivity index is 2.92. The summed E-state index contributed by atoms with van der Waals surface area (Å²) in [7, 11) is 0. The van der Waals surface area contributed by atoms with Crippen LogP contribution in [0.25, 0.3) is 0 Å². The van der Waals surface area contributed by atoms with Crippen molar-refractivity contribution in [2.75, 3.05) is 0 Å². The van der Waals surface area contributed by atoms with Crippen molar-refractivity contribution in [2.45, 2.75) is 19.4 Å². The molecular weight excluding hydrogens is 221 g/mol. The molecule has 0 saturated carbocycles. The van der Waals surface area contributed by atoms with Gasteiger partial charge in [-0.2, -0.15) is 0 Å². The van der Waals surface area contributed by atoms with Crippen LogP contribution in [0.1, 0.15) is 12.5 Å². The van der Waals surface area contributed by atoms with Gasteiger partial charge in [-0.1, -0.05) is 12.1 Å². The second kappa shape index (κ2) is 4.01. The molecule has 0 aliphatic carbocycles. The first-order valence-corrected chi connectivity index (χ1v) is 4.59. The monoisotopic (exact) mass is 231 g/mol. The summed E-state index contributed by atoms with van der Waals surface area (Å²) in [4.78, 5) is 0. The van der Waals surface area contributed by atoms with Gasteiger partial charge in [0.25, 0.3) is 0 Å². The van der Waals surface area contributed by atoms with Crippen molar-refractivity contribution in [3.8, 4) is 0 Å². The smallest absolute Gasteiger partial charge is 0.140 e. The maximum atomic E-state index is 13.3. The zero-order valence-electron chi connectivity index (χ0n) is 6.85. The molecule has 0 heterocycles. The van der Waals surface area contributed by atoms with Crippen LogP contribution in [0, 0.1) is 5.82 Å². The molecule has 0 spiro atoms. The van der Waals surface area contributed by atoms with Gasteiger partial charge in [0, 0.05) is 6.04 Å². The summed E-state index contributed by atoms with van der Waals surface area (Å²) < 4.78 is 13.8. The molecule has 0 bridgehead atoms. The molecule has 66 valence electrons. The van der Waals surface area contributed by atoms with Crippen molar-refractivity contribution in [3.63, 3.8) is 0 Å². The third-order valence-electron chi connectivity index (χ3n) is 1.57. The van der Waals surface area contributed by atoms with Crippen LogP contribution >= 0.6 is 15.9 Å². The summed E-state index contributed by atoms with van der Waals surface area (Å²) in [6.07, 6.45) is 0.575. The first kappa shape index (κ1) is 9.68. The number of hydrogen-bond donors (Lipinski definition) is 1. The van der Waals surface area contributed by atoms with Crippen LogP contribution in [-0.4, -0.2) is 6.04 Å². The van der Waals surface area contributed by atoms with E-state index in [2.05, 4.69) is 15.9 Å². The minimum atomic E-state index is -0.199. The zero-order valence-corrected chi connectivity index (χ0v) is 8.44. The molecular formula is C9H11BrFN. The van der Waals surface area contributed by atoms with Crippen LogP contribution in [0.2, 0.25) is 0 Å². The Kier molecular flexibility index (Phi) is 3.23. The summed E-state index contributed by atoms with van der Waals surface area (Å²) in [6, 6.07) is 5.24. The van der Waals surface area contributed by atoms with Gasteiger partial charge in [-0.05, 0) is 40.9 Å².